The molecule has 0 amide bonds. The van der Waals surface area contributed by atoms with Gasteiger partial charge in [0, 0.05) is 10.2 Å². The van der Waals surface area contributed by atoms with E-state index >= 15 is 0 Å². The highest BCUT2D eigenvalue weighted by Gasteiger charge is 1.90. The van der Waals surface area contributed by atoms with Crippen molar-refractivity contribution in [1.29, 1.82) is 0 Å². The van der Waals surface area contributed by atoms with E-state index in [0.717, 1.165) is 11.8 Å². The Bertz CT molecular complexity index is 159. The van der Waals surface area contributed by atoms with Crippen molar-refractivity contribution in [3.05, 3.63) is 22.6 Å². The first-order valence-corrected chi connectivity index (χ1v) is 6.06. The van der Waals surface area contributed by atoms with Crippen LogP contribution in [0.3, 0.4) is 0 Å². The minimum atomic E-state index is 0.967. The van der Waals surface area contributed by atoms with E-state index in [1.165, 1.54) is 10.5 Å². The van der Waals surface area contributed by atoms with Crippen molar-refractivity contribution in [3.8, 4) is 0 Å². The summed E-state index contributed by atoms with van der Waals surface area (Å²) in [6.45, 7) is 4.29. The highest BCUT2D eigenvalue weighted by atomic mass is 79.9. The Morgan fingerprint density at radius 2 is 2.18 bits per heavy atom. The predicted molar refractivity (Wildman–Crippen MR) is 59.4 cm³/mol. The zero-order valence-corrected chi connectivity index (χ0v) is 9.76. The van der Waals surface area contributed by atoms with Crippen LogP contribution in [0.15, 0.2) is 22.6 Å². The van der Waals surface area contributed by atoms with E-state index in [9.17, 15) is 0 Å². The standard InChI is InChI=1S/C9H15BrS/c1-4-5-9(11-3)6-8(2)7-10/h5-6H,4,7H2,1-3H3/b8-6-,9-5+. The molecule has 0 aliphatic carbocycles. The van der Waals surface area contributed by atoms with Crippen LogP contribution in [-0.2, 0) is 0 Å². The van der Waals surface area contributed by atoms with Crippen molar-refractivity contribution in [3.63, 3.8) is 0 Å². The molecule has 0 fully saturated rings. The van der Waals surface area contributed by atoms with E-state index in [4.69, 9.17) is 0 Å². The fourth-order valence-corrected chi connectivity index (χ4v) is 1.50. The zero-order valence-electron chi connectivity index (χ0n) is 7.36. The molecule has 0 heterocycles. The van der Waals surface area contributed by atoms with Gasteiger partial charge in [0.05, 0.1) is 0 Å². The van der Waals surface area contributed by atoms with Gasteiger partial charge in [-0.2, -0.15) is 0 Å². The molecule has 0 aromatic carbocycles. The average molecular weight is 235 g/mol. The molecule has 0 aliphatic heterocycles. The number of alkyl halides is 1. The number of allylic oxidation sites excluding steroid dienone is 3. The molecule has 0 N–H and O–H groups in total. The van der Waals surface area contributed by atoms with Crippen LogP contribution in [0, 0.1) is 0 Å². The van der Waals surface area contributed by atoms with Crippen LogP contribution in [0.5, 0.6) is 0 Å². The lowest BCUT2D eigenvalue weighted by Gasteiger charge is -1.97. The summed E-state index contributed by atoms with van der Waals surface area (Å²) in [5, 5.41) is 0.967. The van der Waals surface area contributed by atoms with Crippen LogP contribution in [-0.4, -0.2) is 11.6 Å². The molecular weight excluding hydrogens is 220 g/mol. The maximum Gasteiger partial charge on any atom is 0.0242 e. The highest BCUT2D eigenvalue weighted by molar-refractivity contribution is 9.09. The Kier molecular flexibility index (Phi) is 7.18. The Hall–Kier alpha value is 0.310. The second kappa shape index (κ2) is 6.99. The van der Waals surface area contributed by atoms with Gasteiger partial charge in [-0.1, -0.05) is 34.5 Å². The van der Waals surface area contributed by atoms with E-state index in [1.54, 1.807) is 11.8 Å². The van der Waals surface area contributed by atoms with Gasteiger partial charge < -0.3 is 0 Å². The van der Waals surface area contributed by atoms with Crippen LogP contribution in [0.1, 0.15) is 20.3 Å². The fraction of sp³-hybridized carbons (Fsp3) is 0.556. The Labute approximate surface area is 82.3 Å². The summed E-state index contributed by atoms with van der Waals surface area (Å²) in [6, 6.07) is 0. The molecular formula is C9H15BrS. The Balaban J connectivity index is 4.17. The number of hydrogen-bond acceptors (Lipinski definition) is 1. The lowest BCUT2D eigenvalue weighted by molar-refractivity contribution is 1.22. The average Bonchev–Trinajstić information content (AvgIpc) is 2.03. The summed E-state index contributed by atoms with van der Waals surface area (Å²) < 4.78 is 0. The minimum Gasteiger partial charge on any atom is -0.130 e. The molecule has 0 unspecified atom stereocenters. The third-order valence-corrected chi connectivity index (χ3v) is 2.88. The molecule has 0 aliphatic rings. The maximum atomic E-state index is 3.42. The van der Waals surface area contributed by atoms with E-state index in [0.29, 0.717) is 0 Å². The summed E-state index contributed by atoms with van der Waals surface area (Å²) >= 11 is 5.22. The van der Waals surface area contributed by atoms with Gasteiger partial charge in [-0.05, 0) is 25.7 Å². The monoisotopic (exact) mass is 234 g/mol. The third kappa shape index (κ3) is 5.57. The van der Waals surface area contributed by atoms with Crippen molar-refractivity contribution in [2.24, 2.45) is 0 Å². The number of hydrogen-bond donors (Lipinski definition) is 0. The van der Waals surface area contributed by atoms with Crippen molar-refractivity contribution < 1.29 is 0 Å². The van der Waals surface area contributed by atoms with Crippen LogP contribution in [0.4, 0.5) is 0 Å². The zero-order chi connectivity index (χ0) is 8.69. The summed E-state index contributed by atoms with van der Waals surface area (Å²) in [6.07, 6.45) is 7.70. The summed E-state index contributed by atoms with van der Waals surface area (Å²) in [5.74, 6) is 0. The maximum absolute atomic E-state index is 3.42. The summed E-state index contributed by atoms with van der Waals surface area (Å²) in [5.41, 5.74) is 1.37. The van der Waals surface area contributed by atoms with E-state index in [-0.39, 0.29) is 0 Å². The van der Waals surface area contributed by atoms with Gasteiger partial charge in [-0.15, -0.1) is 11.8 Å². The largest absolute Gasteiger partial charge is 0.130 e. The molecule has 0 aromatic rings. The molecule has 0 spiro atoms. The van der Waals surface area contributed by atoms with Gasteiger partial charge in [0.1, 0.15) is 0 Å². The summed E-state index contributed by atoms with van der Waals surface area (Å²) in [4.78, 5) is 1.37. The van der Waals surface area contributed by atoms with Crippen molar-refractivity contribution in [1.82, 2.24) is 0 Å². The number of halogens is 1. The Morgan fingerprint density at radius 1 is 1.55 bits per heavy atom. The van der Waals surface area contributed by atoms with Gasteiger partial charge in [0.15, 0.2) is 0 Å². The van der Waals surface area contributed by atoms with Gasteiger partial charge in [-0.25, -0.2) is 0 Å². The molecule has 64 valence electrons. The predicted octanol–water partition coefficient (Wildman–Crippen LogP) is 3.98. The minimum absolute atomic E-state index is 0.967. The van der Waals surface area contributed by atoms with Gasteiger partial charge in [0.2, 0.25) is 0 Å². The summed E-state index contributed by atoms with van der Waals surface area (Å²) in [7, 11) is 0. The second-order valence-electron chi connectivity index (χ2n) is 2.34. The van der Waals surface area contributed by atoms with E-state index < -0.39 is 0 Å². The first-order valence-electron chi connectivity index (χ1n) is 3.71. The van der Waals surface area contributed by atoms with E-state index in [2.05, 4.69) is 48.2 Å². The molecule has 11 heavy (non-hydrogen) atoms. The quantitative estimate of drug-likeness (QED) is 0.524. The molecule has 0 rings (SSSR count). The van der Waals surface area contributed by atoms with Crippen LogP contribution >= 0.6 is 27.7 Å². The SMILES string of the molecule is CC/C=C(\C=C(\C)CBr)SC. The molecule has 0 saturated carbocycles. The molecule has 0 atom stereocenters. The van der Waals surface area contributed by atoms with Crippen LogP contribution < -0.4 is 0 Å². The molecule has 0 aromatic heterocycles. The molecule has 0 bridgehead atoms. The lowest BCUT2D eigenvalue weighted by Crippen LogP contribution is -1.77. The molecule has 0 saturated heterocycles. The fourth-order valence-electron chi connectivity index (χ4n) is 0.684. The smallest absolute Gasteiger partial charge is 0.0242 e. The topological polar surface area (TPSA) is 0 Å². The normalized spacial score (nSPS) is 13.8. The number of rotatable bonds is 4. The van der Waals surface area contributed by atoms with Gasteiger partial charge >= 0.3 is 0 Å². The second-order valence-corrected chi connectivity index (χ2v) is 3.78. The third-order valence-electron chi connectivity index (χ3n) is 1.24. The lowest BCUT2D eigenvalue weighted by atomic mass is 10.3. The van der Waals surface area contributed by atoms with Crippen molar-refractivity contribution >= 4 is 27.7 Å². The van der Waals surface area contributed by atoms with Crippen molar-refractivity contribution in [2.75, 3.05) is 11.6 Å². The molecule has 0 nitrogen and oxygen atoms in total. The van der Waals surface area contributed by atoms with Gasteiger partial charge in [-0.3, -0.25) is 0 Å². The van der Waals surface area contributed by atoms with Gasteiger partial charge in [0.25, 0.3) is 0 Å². The number of thioether (sulfide) groups is 1. The van der Waals surface area contributed by atoms with Crippen LogP contribution in [0.25, 0.3) is 0 Å². The molecule has 2 heteroatoms. The van der Waals surface area contributed by atoms with E-state index in [1.807, 2.05) is 0 Å². The van der Waals surface area contributed by atoms with Crippen molar-refractivity contribution in [2.45, 2.75) is 20.3 Å². The highest BCUT2D eigenvalue weighted by Crippen LogP contribution is 2.16. The first-order chi connectivity index (χ1) is 5.24. The van der Waals surface area contributed by atoms with Crippen LogP contribution in [0.2, 0.25) is 0 Å². The Morgan fingerprint density at radius 3 is 2.55 bits per heavy atom. The first kappa shape index (κ1) is 11.3. The molecule has 0 radical (unpaired) electrons.